The first-order valence-electron chi connectivity index (χ1n) is 14.7. The van der Waals surface area contributed by atoms with Crippen molar-refractivity contribution in [1.29, 1.82) is 0 Å². The summed E-state index contributed by atoms with van der Waals surface area (Å²) in [5.41, 5.74) is 7.31. The van der Waals surface area contributed by atoms with Gasteiger partial charge in [0.1, 0.15) is 0 Å². The Kier molecular flexibility index (Phi) is 7.41. The maximum Gasteiger partial charge on any atom is 0.258 e. The Labute approximate surface area is 235 Å². The number of amides is 1. The van der Waals surface area contributed by atoms with E-state index in [1.54, 1.807) is 0 Å². The van der Waals surface area contributed by atoms with Gasteiger partial charge in [0.15, 0.2) is 5.16 Å². The van der Waals surface area contributed by atoms with Gasteiger partial charge in [0, 0.05) is 22.7 Å². The van der Waals surface area contributed by atoms with Gasteiger partial charge in [-0.3, -0.25) is 14.2 Å². The molecule has 3 aromatic rings. The van der Waals surface area contributed by atoms with Crippen molar-refractivity contribution >= 4 is 23.4 Å². The predicted molar refractivity (Wildman–Crippen MR) is 160 cm³/mol. The number of aryl methyl sites for hydroxylation is 2. The van der Waals surface area contributed by atoms with Crippen molar-refractivity contribution in [2.24, 2.45) is 0 Å². The zero-order valence-electron chi connectivity index (χ0n) is 23.2. The van der Waals surface area contributed by atoms with Gasteiger partial charge in [-0.2, -0.15) is 0 Å². The SMILES string of the molecule is Cc1ccc(NC(=O)CSc2nc3c(c(=O)n2C2CCCCC2)C2(CCCCC2)Cc2ccccc2-3)c(C)c1. The molecule has 0 unspecified atom stereocenters. The van der Waals surface area contributed by atoms with Gasteiger partial charge in [-0.25, -0.2) is 4.98 Å². The van der Waals surface area contributed by atoms with Gasteiger partial charge in [0.25, 0.3) is 5.56 Å². The molecule has 2 saturated carbocycles. The van der Waals surface area contributed by atoms with Gasteiger partial charge in [-0.1, -0.05) is 92.2 Å². The molecule has 1 amide bonds. The van der Waals surface area contributed by atoms with Gasteiger partial charge in [0.2, 0.25) is 5.91 Å². The highest BCUT2D eigenvalue weighted by atomic mass is 32.2. The van der Waals surface area contributed by atoms with Crippen LogP contribution in [0.1, 0.15) is 92.5 Å². The number of carbonyl (C=O) groups excluding carboxylic acids is 1. The van der Waals surface area contributed by atoms with Crippen LogP contribution in [0.4, 0.5) is 5.69 Å². The topological polar surface area (TPSA) is 64.0 Å². The predicted octanol–water partition coefficient (Wildman–Crippen LogP) is 7.52. The number of fused-ring (bicyclic) bond motifs is 4. The largest absolute Gasteiger partial charge is 0.325 e. The summed E-state index contributed by atoms with van der Waals surface area (Å²) in [6, 6.07) is 14.7. The molecule has 204 valence electrons. The smallest absolute Gasteiger partial charge is 0.258 e. The quantitative estimate of drug-likeness (QED) is 0.268. The molecule has 1 spiro atoms. The molecule has 1 aromatic heterocycles. The Morgan fingerprint density at radius 2 is 1.77 bits per heavy atom. The number of thioether (sulfide) groups is 1. The summed E-state index contributed by atoms with van der Waals surface area (Å²) >= 11 is 1.41. The Morgan fingerprint density at radius 3 is 2.54 bits per heavy atom. The summed E-state index contributed by atoms with van der Waals surface area (Å²) in [4.78, 5) is 33.0. The highest BCUT2D eigenvalue weighted by Gasteiger charge is 2.44. The zero-order valence-corrected chi connectivity index (χ0v) is 24.0. The first-order chi connectivity index (χ1) is 18.9. The number of carbonyl (C=O) groups is 1. The van der Waals surface area contributed by atoms with Crippen molar-refractivity contribution in [1.82, 2.24) is 9.55 Å². The minimum atomic E-state index is -0.119. The van der Waals surface area contributed by atoms with Gasteiger partial charge in [-0.05, 0) is 63.1 Å². The fraction of sp³-hybridized carbons (Fsp3) is 0.485. The van der Waals surface area contributed by atoms with Crippen molar-refractivity contribution in [2.75, 3.05) is 11.1 Å². The normalized spacial score (nSPS) is 18.4. The molecule has 0 aliphatic heterocycles. The Bertz CT molecular complexity index is 1450. The fourth-order valence-corrected chi connectivity index (χ4v) is 8.09. The third-order valence-corrected chi connectivity index (χ3v) is 10.1. The van der Waals surface area contributed by atoms with Crippen molar-refractivity contribution in [2.45, 2.75) is 101 Å². The molecule has 0 bridgehead atoms. The third kappa shape index (κ3) is 5.08. The maximum atomic E-state index is 14.6. The fourth-order valence-electron chi connectivity index (χ4n) is 7.23. The van der Waals surface area contributed by atoms with Crippen molar-refractivity contribution < 1.29 is 4.79 Å². The van der Waals surface area contributed by atoms with E-state index in [1.165, 1.54) is 48.6 Å². The molecule has 6 rings (SSSR count). The molecule has 0 radical (unpaired) electrons. The number of anilines is 1. The third-order valence-electron chi connectivity index (χ3n) is 9.15. The van der Waals surface area contributed by atoms with E-state index in [4.69, 9.17) is 4.98 Å². The lowest BCUT2D eigenvalue weighted by atomic mass is 9.62. The molecule has 2 aromatic carbocycles. The van der Waals surface area contributed by atoms with Gasteiger partial charge in [-0.15, -0.1) is 0 Å². The molecule has 5 nitrogen and oxygen atoms in total. The van der Waals surface area contributed by atoms with Crippen LogP contribution in [0.15, 0.2) is 52.4 Å². The lowest BCUT2D eigenvalue weighted by molar-refractivity contribution is -0.113. The minimum Gasteiger partial charge on any atom is -0.325 e. The van der Waals surface area contributed by atoms with E-state index in [0.29, 0.717) is 5.16 Å². The summed E-state index contributed by atoms with van der Waals surface area (Å²) in [7, 11) is 0. The van der Waals surface area contributed by atoms with Crippen LogP contribution in [0, 0.1) is 13.8 Å². The van der Waals surface area contributed by atoms with Crippen molar-refractivity contribution in [3.05, 3.63) is 75.1 Å². The first kappa shape index (κ1) is 26.4. The highest BCUT2D eigenvalue weighted by molar-refractivity contribution is 7.99. The van der Waals surface area contributed by atoms with Crippen LogP contribution >= 0.6 is 11.8 Å². The summed E-state index contributed by atoms with van der Waals surface area (Å²) in [6.07, 6.45) is 12.1. The Balaban J connectivity index is 1.41. The number of nitrogens with one attached hydrogen (secondary N) is 1. The minimum absolute atomic E-state index is 0.0710. The zero-order chi connectivity index (χ0) is 27.0. The molecule has 3 aliphatic rings. The molecule has 3 aliphatic carbocycles. The van der Waals surface area contributed by atoms with E-state index in [-0.39, 0.29) is 28.7 Å². The molecule has 1 heterocycles. The van der Waals surface area contributed by atoms with Crippen LogP contribution in [-0.4, -0.2) is 21.2 Å². The van der Waals surface area contributed by atoms with E-state index in [1.807, 2.05) is 23.6 Å². The number of rotatable bonds is 5. The molecule has 6 heteroatoms. The second-order valence-electron chi connectivity index (χ2n) is 11.9. The second-order valence-corrected chi connectivity index (χ2v) is 12.9. The molecule has 2 fully saturated rings. The van der Waals surface area contributed by atoms with Crippen LogP contribution in [-0.2, 0) is 16.6 Å². The van der Waals surface area contributed by atoms with Crippen molar-refractivity contribution in [3.8, 4) is 11.3 Å². The second kappa shape index (κ2) is 11.0. The van der Waals surface area contributed by atoms with Crippen molar-refractivity contribution in [3.63, 3.8) is 0 Å². The summed E-state index contributed by atoms with van der Waals surface area (Å²) in [6.45, 7) is 4.07. The average molecular weight is 542 g/mol. The summed E-state index contributed by atoms with van der Waals surface area (Å²) in [5.74, 6) is 0.149. The van der Waals surface area contributed by atoms with E-state index >= 15 is 0 Å². The Hall–Kier alpha value is -2.86. The molecule has 0 saturated heterocycles. The monoisotopic (exact) mass is 541 g/mol. The van der Waals surface area contributed by atoms with Crippen LogP contribution in [0.25, 0.3) is 11.3 Å². The number of aromatic nitrogens is 2. The average Bonchev–Trinajstić information content (AvgIpc) is 2.94. The lowest BCUT2D eigenvalue weighted by Gasteiger charge is -2.42. The molecule has 0 atom stereocenters. The number of nitrogens with zero attached hydrogens (tertiary/aromatic N) is 2. The lowest BCUT2D eigenvalue weighted by Crippen LogP contribution is -2.44. The van der Waals surface area contributed by atoms with Gasteiger partial charge >= 0.3 is 0 Å². The molecular formula is C33H39N3O2S. The number of hydrogen-bond acceptors (Lipinski definition) is 4. The van der Waals surface area contributed by atoms with Crippen LogP contribution in [0.5, 0.6) is 0 Å². The van der Waals surface area contributed by atoms with Gasteiger partial charge < -0.3 is 5.32 Å². The van der Waals surface area contributed by atoms with Crippen LogP contribution < -0.4 is 10.9 Å². The van der Waals surface area contributed by atoms with Gasteiger partial charge in [0.05, 0.1) is 17.0 Å². The first-order valence-corrected chi connectivity index (χ1v) is 15.7. The molecule has 39 heavy (non-hydrogen) atoms. The molecule has 1 N–H and O–H groups in total. The summed E-state index contributed by atoms with van der Waals surface area (Å²) < 4.78 is 2.01. The molecular weight excluding hydrogens is 502 g/mol. The van der Waals surface area contributed by atoms with Crippen LogP contribution in [0.2, 0.25) is 0 Å². The van der Waals surface area contributed by atoms with E-state index < -0.39 is 0 Å². The Morgan fingerprint density at radius 1 is 1.03 bits per heavy atom. The van der Waals surface area contributed by atoms with E-state index in [9.17, 15) is 9.59 Å². The number of benzene rings is 2. The highest BCUT2D eigenvalue weighted by Crippen LogP contribution is 2.49. The maximum absolute atomic E-state index is 14.6. The van der Waals surface area contributed by atoms with Crippen LogP contribution in [0.3, 0.4) is 0 Å². The number of hydrogen-bond donors (Lipinski definition) is 1. The standard InChI is InChI=1S/C33H39N3O2S/c1-22-15-16-27(23(2)19-22)34-28(37)21-39-32-35-30-26-14-8-7-11-24(26)20-33(17-9-4-10-18-33)29(30)31(38)36(32)25-12-5-3-6-13-25/h7-8,11,14-16,19,25H,3-6,9-10,12-13,17-18,20-21H2,1-2H3,(H,34,37). The summed E-state index contributed by atoms with van der Waals surface area (Å²) in [5, 5.41) is 3.77. The van der Waals surface area contributed by atoms with E-state index in [2.05, 4.69) is 42.6 Å². The van der Waals surface area contributed by atoms with E-state index in [0.717, 1.165) is 73.0 Å².